The lowest BCUT2D eigenvalue weighted by Crippen LogP contribution is -2.39. The van der Waals surface area contributed by atoms with Crippen LogP contribution in [0.5, 0.6) is 0 Å². The van der Waals surface area contributed by atoms with Crippen molar-refractivity contribution in [2.24, 2.45) is 0 Å². The number of amides is 2. The molecule has 0 aliphatic carbocycles. The highest BCUT2D eigenvalue weighted by Gasteiger charge is 2.32. The Balaban J connectivity index is 1.46. The van der Waals surface area contributed by atoms with Gasteiger partial charge in [0.05, 0.1) is 27.7 Å². The van der Waals surface area contributed by atoms with Crippen LogP contribution in [0.1, 0.15) is 44.5 Å². The number of fused-ring (bicyclic) bond motifs is 2. The summed E-state index contributed by atoms with van der Waals surface area (Å²) in [6.45, 7) is 0.900. The molecule has 1 atom stereocenters. The first-order valence-corrected chi connectivity index (χ1v) is 16.4. The third kappa shape index (κ3) is 5.36. The Hall–Kier alpha value is -4.29. The number of piperidine rings is 1. The number of hydrogen-bond acceptors (Lipinski definition) is 7. The summed E-state index contributed by atoms with van der Waals surface area (Å²) < 4.78 is 47.5. The van der Waals surface area contributed by atoms with Crippen LogP contribution in [0.25, 0.3) is 32.5 Å². The van der Waals surface area contributed by atoms with Crippen LogP contribution in [0, 0.1) is 5.82 Å². The van der Waals surface area contributed by atoms with Crippen LogP contribution in [-0.2, 0) is 10.0 Å². The molecule has 5 aromatic rings. The van der Waals surface area contributed by atoms with Gasteiger partial charge < -0.3 is 14.6 Å². The van der Waals surface area contributed by atoms with E-state index in [9.17, 15) is 22.4 Å². The molecular weight excluding hydrogens is 591 g/mol. The number of anilines is 1. The monoisotopic (exact) mass is 620 g/mol. The van der Waals surface area contributed by atoms with Crippen LogP contribution in [0.2, 0.25) is 0 Å². The molecule has 3 aromatic carbocycles. The third-order valence-electron chi connectivity index (χ3n) is 7.86. The van der Waals surface area contributed by atoms with Gasteiger partial charge in [0.1, 0.15) is 17.2 Å². The second kappa shape index (κ2) is 11.1. The Labute approximate surface area is 252 Å². The SMILES string of the molecule is CNC(=O)c1c(-c2ccc(F)cc2)oc2cc(N(C)S(C)(=O)=O)c(C3CCCN(C(=O)c4nc5ccccc5s4)C3)cc12. The zero-order valence-electron chi connectivity index (χ0n) is 23.8. The Morgan fingerprint density at radius 1 is 1.14 bits per heavy atom. The Kier molecular flexibility index (Phi) is 7.43. The fraction of sp³-hybridized carbons (Fsp3) is 0.258. The molecule has 1 fully saturated rings. The van der Waals surface area contributed by atoms with E-state index in [-0.39, 0.29) is 23.1 Å². The van der Waals surface area contributed by atoms with Gasteiger partial charge in [-0.05, 0) is 60.9 Å². The molecule has 0 radical (unpaired) electrons. The van der Waals surface area contributed by atoms with Gasteiger partial charge in [0.15, 0.2) is 5.01 Å². The number of rotatable bonds is 6. The first kappa shape index (κ1) is 28.8. The number of halogens is 1. The highest BCUT2D eigenvalue weighted by molar-refractivity contribution is 7.92. The molecule has 2 amide bonds. The number of para-hydroxylation sites is 1. The quantitative estimate of drug-likeness (QED) is 0.264. The average molecular weight is 621 g/mol. The van der Waals surface area contributed by atoms with E-state index in [1.165, 1.54) is 54.0 Å². The van der Waals surface area contributed by atoms with E-state index in [0.29, 0.717) is 58.7 Å². The zero-order chi connectivity index (χ0) is 30.5. The summed E-state index contributed by atoms with van der Waals surface area (Å²) >= 11 is 1.35. The van der Waals surface area contributed by atoms with E-state index < -0.39 is 21.7 Å². The summed E-state index contributed by atoms with van der Waals surface area (Å²) in [7, 11) is -0.695. The number of nitrogens with one attached hydrogen (secondary N) is 1. The zero-order valence-corrected chi connectivity index (χ0v) is 25.4. The van der Waals surface area contributed by atoms with Crippen LogP contribution in [-0.4, -0.2) is 63.6 Å². The maximum atomic E-state index is 13.7. The second-order valence-electron chi connectivity index (χ2n) is 10.6. The minimum Gasteiger partial charge on any atom is -0.455 e. The molecule has 0 saturated carbocycles. The van der Waals surface area contributed by atoms with Gasteiger partial charge in [0, 0.05) is 50.1 Å². The van der Waals surface area contributed by atoms with Crippen molar-refractivity contribution in [3.05, 3.63) is 82.6 Å². The second-order valence-corrected chi connectivity index (χ2v) is 13.7. The summed E-state index contributed by atoms with van der Waals surface area (Å²) in [6, 6.07) is 16.6. The normalized spacial score (nSPS) is 15.6. The standard InChI is InChI=1S/C31H29FN4O5S2/c1-33-29(37)27-22-15-21(19-7-6-14-36(17-19)31(38)30-34-23-8-4-5-9-26(23)42-30)24(35(2)43(3,39)40)16-25(22)41-28(27)18-10-12-20(32)13-11-18/h4-5,8-13,15-16,19H,6-7,14,17H2,1-3H3,(H,33,37). The molecule has 1 N–H and O–H groups in total. The largest absolute Gasteiger partial charge is 0.455 e. The lowest BCUT2D eigenvalue weighted by molar-refractivity contribution is 0.0707. The van der Waals surface area contributed by atoms with Gasteiger partial charge in [-0.25, -0.2) is 17.8 Å². The number of likely N-dealkylation sites (tertiary alicyclic amines) is 1. The number of hydrogen-bond donors (Lipinski definition) is 1. The Morgan fingerprint density at radius 2 is 1.88 bits per heavy atom. The summed E-state index contributed by atoms with van der Waals surface area (Å²) in [5, 5.41) is 3.56. The smallest absolute Gasteiger partial charge is 0.282 e. The maximum Gasteiger partial charge on any atom is 0.282 e. The lowest BCUT2D eigenvalue weighted by atomic mass is 9.88. The molecule has 43 heavy (non-hydrogen) atoms. The van der Waals surface area contributed by atoms with Gasteiger partial charge in [-0.15, -0.1) is 11.3 Å². The number of carbonyl (C=O) groups is 2. The van der Waals surface area contributed by atoms with E-state index in [1.807, 2.05) is 24.3 Å². The molecule has 2 aromatic heterocycles. The minimum atomic E-state index is -3.67. The first-order chi connectivity index (χ1) is 20.5. The number of benzene rings is 3. The number of aromatic nitrogens is 1. The maximum absolute atomic E-state index is 13.7. The van der Waals surface area contributed by atoms with Gasteiger partial charge in [0.25, 0.3) is 11.8 Å². The lowest BCUT2D eigenvalue weighted by Gasteiger charge is -2.34. The average Bonchev–Trinajstić information content (AvgIpc) is 3.61. The molecule has 1 saturated heterocycles. The van der Waals surface area contributed by atoms with Crippen LogP contribution < -0.4 is 9.62 Å². The van der Waals surface area contributed by atoms with Crippen LogP contribution in [0.3, 0.4) is 0 Å². The van der Waals surface area contributed by atoms with E-state index in [0.717, 1.165) is 16.5 Å². The minimum absolute atomic E-state index is 0.169. The summed E-state index contributed by atoms with van der Waals surface area (Å²) in [4.78, 5) is 33.1. The van der Waals surface area contributed by atoms with Crippen molar-refractivity contribution in [3.63, 3.8) is 0 Å². The van der Waals surface area contributed by atoms with Crippen molar-refractivity contribution in [1.82, 2.24) is 15.2 Å². The first-order valence-electron chi connectivity index (χ1n) is 13.7. The van der Waals surface area contributed by atoms with Gasteiger partial charge in [-0.2, -0.15) is 0 Å². The highest BCUT2D eigenvalue weighted by atomic mass is 32.2. The molecule has 12 heteroatoms. The third-order valence-corrected chi connectivity index (χ3v) is 10.1. The van der Waals surface area contributed by atoms with Crippen LogP contribution >= 0.6 is 11.3 Å². The molecule has 9 nitrogen and oxygen atoms in total. The summed E-state index contributed by atoms with van der Waals surface area (Å²) in [5.74, 6) is -0.974. The molecule has 3 heterocycles. The predicted molar refractivity (Wildman–Crippen MR) is 166 cm³/mol. The number of furan rings is 1. The van der Waals surface area contributed by atoms with Crippen molar-refractivity contribution < 1.29 is 26.8 Å². The number of nitrogens with zero attached hydrogens (tertiary/aromatic N) is 3. The topological polar surface area (TPSA) is 113 Å². The predicted octanol–water partition coefficient (Wildman–Crippen LogP) is 5.62. The summed E-state index contributed by atoms with van der Waals surface area (Å²) in [5.41, 5.74) is 2.92. The van der Waals surface area contributed by atoms with Crippen molar-refractivity contribution >= 4 is 60.0 Å². The van der Waals surface area contributed by atoms with Crippen molar-refractivity contribution in [2.45, 2.75) is 18.8 Å². The molecule has 222 valence electrons. The molecular formula is C31H29FN4O5S2. The molecule has 0 spiro atoms. The van der Waals surface area contributed by atoms with E-state index in [1.54, 1.807) is 17.0 Å². The van der Waals surface area contributed by atoms with Crippen LogP contribution in [0.4, 0.5) is 10.1 Å². The Morgan fingerprint density at radius 3 is 2.58 bits per heavy atom. The van der Waals surface area contributed by atoms with E-state index >= 15 is 0 Å². The summed E-state index contributed by atoms with van der Waals surface area (Å²) in [6.07, 6.45) is 2.53. The highest BCUT2D eigenvalue weighted by Crippen LogP contribution is 2.42. The molecule has 1 unspecified atom stereocenters. The molecule has 1 aliphatic heterocycles. The van der Waals surface area contributed by atoms with Crippen molar-refractivity contribution in [2.75, 3.05) is 37.7 Å². The fourth-order valence-corrected chi connectivity index (χ4v) is 7.05. The van der Waals surface area contributed by atoms with Crippen molar-refractivity contribution in [3.8, 4) is 11.3 Å². The van der Waals surface area contributed by atoms with Crippen molar-refractivity contribution in [1.29, 1.82) is 0 Å². The molecule has 6 rings (SSSR count). The van der Waals surface area contributed by atoms with Gasteiger partial charge in [-0.3, -0.25) is 13.9 Å². The van der Waals surface area contributed by atoms with Gasteiger partial charge in [0.2, 0.25) is 10.0 Å². The number of carbonyl (C=O) groups excluding carboxylic acids is 2. The number of thiazole rings is 1. The fourth-order valence-electron chi connectivity index (χ4n) is 5.60. The van der Waals surface area contributed by atoms with Gasteiger partial charge in [-0.1, -0.05) is 12.1 Å². The molecule has 0 bridgehead atoms. The Bertz CT molecular complexity index is 1950. The van der Waals surface area contributed by atoms with E-state index in [2.05, 4.69) is 10.3 Å². The molecule has 1 aliphatic rings. The van der Waals surface area contributed by atoms with Gasteiger partial charge >= 0.3 is 0 Å². The van der Waals surface area contributed by atoms with E-state index in [4.69, 9.17) is 4.42 Å². The number of sulfonamides is 1. The van der Waals surface area contributed by atoms with Crippen LogP contribution in [0.15, 0.2) is 65.1 Å².